The standard InChI is InChI=1S/C11H16N2O/c1-9-3-5-10(6-4-9)14-8-7-11(12)13-2/h3-6H,7-8H2,1-2H3,(H2,12,13). The Labute approximate surface area is 84.6 Å². The van der Waals surface area contributed by atoms with Crippen LogP contribution in [0.4, 0.5) is 0 Å². The Hall–Kier alpha value is -1.51. The molecule has 1 aromatic rings. The van der Waals surface area contributed by atoms with Gasteiger partial charge in [-0.15, -0.1) is 0 Å². The molecule has 0 saturated heterocycles. The van der Waals surface area contributed by atoms with Crippen LogP contribution < -0.4 is 10.5 Å². The second kappa shape index (κ2) is 5.27. The predicted molar refractivity (Wildman–Crippen MR) is 58.8 cm³/mol. The SMILES string of the molecule is CN=C(N)CCOc1ccc(C)cc1. The lowest BCUT2D eigenvalue weighted by atomic mass is 10.2. The average molecular weight is 192 g/mol. The zero-order chi connectivity index (χ0) is 10.4. The van der Waals surface area contributed by atoms with E-state index in [0.717, 1.165) is 5.75 Å². The van der Waals surface area contributed by atoms with Gasteiger partial charge in [-0.25, -0.2) is 0 Å². The van der Waals surface area contributed by atoms with E-state index < -0.39 is 0 Å². The van der Waals surface area contributed by atoms with Crippen LogP contribution in [0.2, 0.25) is 0 Å². The van der Waals surface area contributed by atoms with Gasteiger partial charge in [0.2, 0.25) is 0 Å². The van der Waals surface area contributed by atoms with E-state index in [2.05, 4.69) is 4.99 Å². The van der Waals surface area contributed by atoms with Gasteiger partial charge in [-0.2, -0.15) is 0 Å². The number of nitrogens with zero attached hydrogens (tertiary/aromatic N) is 1. The highest BCUT2D eigenvalue weighted by Gasteiger charge is 1.94. The molecule has 0 atom stereocenters. The Kier molecular flexibility index (Phi) is 3.98. The van der Waals surface area contributed by atoms with E-state index in [9.17, 15) is 0 Å². The molecule has 0 heterocycles. The Morgan fingerprint density at radius 1 is 1.36 bits per heavy atom. The third-order valence-corrected chi connectivity index (χ3v) is 1.94. The maximum Gasteiger partial charge on any atom is 0.119 e. The molecule has 1 rings (SSSR count). The summed E-state index contributed by atoms with van der Waals surface area (Å²) in [6, 6.07) is 7.95. The summed E-state index contributed by atoms with van der Waals surface area (Å²) in [5, 5.41) is 0. The highest BCUT2D eigenvalue weighted by molar-refractivity contribution is 5.80. The fourth-order valence-corrected chi connectivity index (χ4v) is 1.02. The van der Waals surface area contributed by atoms with E-state index in [1.54, 1.807) is 7.05 Å². The minimum Gasteiger partial charge on any atom is -0.493 e. The summed E-state index contributed by atoms with van der Waals surface area (Å²) in [7, 11) is 1.68. The smallest absolute Gasteiger partial charge is 0.119 e. The number of amidine groups is 1. The molecule has 0 aliphatic heterocycles. The quantitative estimate of drug-likeness (QED) is 0.583. The van der Waals surface area contributed by atoms with Gasteiger partial charge in [0.25, 0.3) is 0 Å². The number of ether oxygens (including phenoxy) is 1. The number of hydrogen-bond donors (Lipinski definition) is 1. The Morgan fingerprint density at radius 3 is 2.57 bits per heavy atom. The minimum absolute atomic E-state index is 0.576. The summed E-state index contributed by atoms with van der Waals surface area (Å²) in [6.45, 7) is 2.62. The Balaban J connectivity index is 2.35. The average Bonchev–Trinajstić information content (AvgIpc) is 2.21. The van der Waals surface area contributed by atoms with Gasteiger partial charge >= 0.3 is 0 Å². The minimum atomic E-state index is 0.576. The molecule has 2 N–H and O–H groups in total. The van der Waals surface area contributed by atoms with Crippen molar-refractivity contribution < 1.29 is 4.74 Å². The van der Waals surface area contributed by atoms with E-state index in [1.807, 2.05) is 31.2 Å². The van der Waals surface area contributed by atoms with Crippen molar-refractivity contribution in [2.75, 3.05) is 13.7 Å². The first-order chi connectivity index (χ1) is 6.72. The lowest BCUT2D eigenvalue weighted by molar-refractivity contribution is 0.329. The van der Waals surface area contributed by atoms with Crippen LogP contribution in [0.5, 0.6) is 5.75 Å². The van der Waals surface area contributed by atoms with Crippen LogP contribution in [0.3, 0.4) is 0 Å². The predicted octanol–water partition coefficient (Wildman–Crippen LogP) is 1.75. The lowest BCUT2D eigenvalue weighted by Crippen LogP contribution is -2.15. The van der Waals surface area contributed by atoms with Crippen LogP contribution in [0, 0.1) is 6.92 Å². The molecular weight excluding hydrogens is 176 g/mol. The molecule has 14 heavy (non-hydrogen) atoms. The van der Waals surface area contributed by atoms with Crippen molar-refractivity contribution >= 4 is 5.84 Å². The number of benzene rings is 1. The van der Waals surface area contributed by atoms with E-state index in [0.29, 0.717) is 18.9 Å². The molecule has 76 valence electrons. The molecule has 0 unspecified atom stereocenters. The number of hydrogen-bond acceptors (Lipinski definition) is 2. The second-order valence-electron chi connectivity index (χ2n) is 3.13. The molecule has 0 fully saturated rings. The topological polar surface area (TPSA) is 47.6 Å². The number of rotatable bonds is 4. The molecule has 0 aliphatic rings. The van der Waals surface area contributed by atoms with Gasteiger partial charge in [-0.1, -0.05) is 17.7 Å². The highest BCUT2D eigenvalue weighted by atomic mass is 16.5. The lowest BCUT2D eigenvalue weighted by Gasteiger charge is -2.05. The van der Waals surface area contributed by atoms with Gasteiger partial charge < -0.3 is 10.5 Å². The summed E-state index contributed by atoms with van der Waals surface area (Å²) in [5.41, 5.74) is 6.76. The molecule has 0 saturated carbocycles. The summed E-state index contributed by atoms with van der Waals surface area (Å²) in [6.07, 6.45) is 0.671. The summed E-state index contributed by atoms with van der Waals surface area (Å²) in [4.78, 5) is 3.85. The number of nitrogens with two attached hydrogens (primary N) is 1. The van der Waals surface area contributed by atoms with Crippen molar-refractivity contribution in [3.05, 3.63) is 29.8 Å². The van der Waals surface area contributed by atoms with Crippen LogP contribution in [-0.4, -0.2) is 19.5 Å². The highest BCUT2D eigenvalue weighted by Crippen LogP contribution is 2.11. The van der Waals surface area contributed by atoms with Crippen LogP contribution in [0.25, 0.3) is 0 Å². The molecule has 3 nitrogen and oxygen atoms in total. The van der Waals surface area contributed by atoms with Crippen molar-refractivity contribution in [1.82, 2.24) is 0 Å². The zero-order valence-electron chi connectivity index (χ0n) is 8.66. The number of aliphatic imine (C=N–C) groups is 1. The van der Waals surface area contributed by atoms with Gasteiger partial charge in [0.1, 0.15) is 5.75 Å². The fraction of sp³-hybridized carbons (Fsp3) is 0.364. The van der Waals surface area contributed by atoms with Crippen molar-refractivity contribution in [2.24, 2.45) is 10.7 Å². The first-order valence-corrected chi connectivity index (χ1v) is 4.63. The van der Waals surface area contributed by atoms with Crippen LogP contribution in [-0.2, 0) is 0 Å². The van der Waals surface area contributed by atoms with Crippen molar-refractivity contribution in [3.8, 4) is 5.75 Å². The van der Waals surface area contributed by atoms with Gasteiger partial charge in [-0.3, -0.25) is 4.99 Å². The van der Waals surface area contributed by atoms with Crippen LogP contribution in [0.1, 0.15) is 12.0 Å². The molecule has 0 bridgehead atoms. The van der Waals surface area contributed by atoms with Crippen molar-refractivity contribution in [2.45, 2.75) is 13.3 Å². The molecule has 0 aromatic heterocycles. The van der Waals surface area contributed by atoms with E-state index in [4.69, 9.17) is 10.5 Å². The van der Waals surface area contributed by atoms with Crippen molar-refractivity contribution in [1.29, 1.82) is 0 Å². The summed E-state index contributed by atoms with van der Waals surface area (Å²) < 4.78 is 5.47. The zero-order valence-corrected chi connectivity index (χ0v) is 8.66. The van der Waals surface area contributed by atoms with Gasteiger partial charge in [0.15, 0.2) is 0 Å². The van der Waals surface area contributed by atoms with Gasteiger partial charge in [-0.05, 0) is 19.1 Å². The van der Waals surface area contributed by atoms with Gasteiger partial charge in [0.05, 0.1) is 12.4 Å². The van der Waals surface area contributed by atoms with E-state index in [-0.39, 0.29) is 0 Å². The molecule has 0 radical (unpaired) electrons. The third kappa shape index (κ3) is 3.47. The molecule has 0 amide bonds. The van der Waals surface area contributed by atoms with Crippen LogP contribution in [0.15, 0.2) is 29.3 Å². The van der Waals surface area contributed by atoms with Gasteiger partial charge in [0, 0.05) is 13.5 Å². The molecular formula is C11H16N2O. The summed E-state index contributed by atoms with van der Waals surface area (Å²) in [5.74, 6) is 1.50. The third-order valence-electron chi connectivity index (χ3n) is 1.94. The molecule has 0 aliphatic carbocycles. The normalized spacial score (nSPS) is 11.4. The van der Waals surface area contributed by atoms with Crippen LogP contribution >= 0.6 is 0 Å². The first kappa shape index (κ1) is 10.6. The first-order valence-electron chi connectivity index (χ1n) is 4.63. The number of aryl methyl sites for hydroxylation is 1. The molecule has 0 spiro atoms. The maximum absolute atomic E-state index is 5.53. The monoisotopic (exact) mass is 192 g/mol. The fourth-order valence-electron chi connectivity index (χ4n) is 1.02. The Bertz CT molecular complexity index is 304. The maximum atomic E-state index is 5.53. The Morgan fingerprint density at radius 2 is 2.00 bits per heavy atom. The summed E-state index contributed by atoms with van der Waals surface area (Å²) >= 11 is 0. The van der Waals surface area contributed by atoms with E-state index >= 15 is 0 Å². The van der Waals surface area contributed by atoms with Crippen molar-refractivity contribution in [3.63, 3.8) is 0 Å². The molecule has 1 aromatic carbocycles. The van der Waals surface area contributed by atoms with E-state index in [1.165, 1.54) is 5.56 Å². The largest absolute Gasteiger partial charge is 0.493 e. The molecule has 3 heteroatoms. The second-order valence-corrected chi connectivity index (χ2v) is 3.13.